The molecule has 4 aromatic carbocycles. The van der Waals surface area contributed by atoms with Gasteiger partial charge < -0.3 is 0 Å². The molecule has 0 bridgehead atoms. The van der Waals surface area contributed by atoms with Gasteiger partial charge in [0, 0.05) is 16.9 Å². The minimum absolute atomic E-state index is 0.558. The number of pyridine rings is 1. The molecule has 2 aliphatic carbocycles. The Kier molecular flexibility index (Phi) is 7.33. The number of halogens is 1. The first-order valence-corrected chi connectivity index (χ1v) is 14.2. The molecular formula is C36H30BrN. The Morgan fingerprint density at radius 2 is 1.45 bits per heavy atom. The van der Waals surface area contributed by atoms with Gasteiger partial charge in [0.2, 0.25) is 0 Å². The third-order valence-corrected chi connectivity index (χ3v) is 8.21. The van der Waals surface area contributed by atoms with Crippen LogP contribution >= 0.6 is 15.9 Å². The monoisotopic (exact) mass is 555 g/mol. The molecule has 2 aliphatic rings. The number of benzene rings is 4. The predicted molar refractivity (Wildman–Crippen MR) is 162 cm³/mol. The molecule has 0 aliphatic heterocycles. The van der Waals surface area contributed by atoms with Gasteiger partial charge in [0.15, 0.2) is 0 Å². The van der Waals surface area contributed by atoms with E-state index >= 15 is 0 Å². The van der Waals surface area contributed by atoms with E-state index in [1.165, 1.54) is 55.8 Å². The van der Waals surface area contributed by atoms with Gasteiger partial charge in [0.1, 0.15) is 0 Å². The van der Waals surface area contributed by atoms with E-state index < -0.39 is 0 Å². The van der Waals surface area contributed by atoms with Gasteiger partial charge in [-0.05, 0) is 105 Å². The lowest BCUT2D eigenvalue weighted by atomic mass is 9.76. The van der Waals surface area contributed by atoms with Crippen LogP contribution in [-0.2, 0) is 12.8 Å². The van der Waals surface area contributed by atoms with Crippen molar-refractivity contribution in [3.63, 3.8) is 0 Å². The summed E-state index contributed by atoms with van der Waals surface area (Å²) >= 11 is 3.61. The topological polar surface area (TPSA) is 12.9 Å². The van der Waals surface area contributed by atoms with Gasteiger partial charge in [-0.15, -0.1) is 0 Å². The maximum atomic E-state index is 3.78. The summed E-state index contributed by atoms with van der Waals surface area (Å²) in [4.78, 5) is 3.78. The molecule has 1 nitrogen and oxygen atoms in total. The minimum atomic E-state index is 0.558. The van der Waals surface area contributed by atoms with E-state index in [2.05, 4.69) is 118 Å². The largest absolute Gasteiger partial charge is 0.265 e. The number of fused-ring (bicyclic) bond motifs is 5. The summed E-state index contributed by atoms with van der Waals surface area (Å²) in [5.74, 6) is 0.558. The van der Waals surface area contributed by atoms with Crippen molar-refractivity contribution in [2.24, 2.45) is 0 Å². The van der Waals surface area contributed by atoms with Crippen LogP contribution in [0, 0.1) is 0 Å². The minimum Gasteiger partial charge on any atom is -0.265 e. The van der Waals surface area contributed by atoms with Crippen molar-refractivity contribution in [1.82, 2.24) is 4.98 Å². The van der Waals surface area contributed by atoms with Crippen molar-refractivity contribution < 1.29 is 0 Å². The molecule has 1 aromatic heterocycles. The van der Waals surface area contributed by atoms with Crippen molar-refractivity contribution in [2.45, 2.75) is 31.6 Å². The first kappa shape index (κ1) is 24.6. The van der Waals surface area contributed by atoms with Crippen LogP contribution in [0.15, 0.2) is 126 Å². The molecule has 0 saturated carbocycles. The molecule has 0 spiro atoms. The summed E-state index contributed by atoms with van der Waals surface area (Å²) in [5, 5.41) is 2.93. The quantitative estimate of drug-likeness (QED) is 0.221. The number of hydrogen-bond donors (Lipinski definition) is 0. The molecule has 0 amide bonds. The molecule has 1 unspecified atom stereocenters. The molecule has 0 fully saturated rings. The molecular weight excluding hydrogens is 526 g/mol. The van der Waals surface area contributed by atoms with Gasteiger partial charge >= 0.3 is 0 Å². The first-order chi connectivity index (χ1) is 18.8. The summed E-state index contributed by atoms with van der Waals surface area (Å²) in [5.41, 5.74) is 10.0. The van der Waals surface area contributed by atoms with E-state index in [0.717, 1.165) is 23.7 Å². The Labute approximate surface area is 233 Å². The van der Waals surface area contributed by atoms with Crippen molar-refractivity contribution >= 4 is 27.6 Å². The predicted octanol–water partition coefficient (Wildman–Crippen LogP) is 7.85. The fraction of sp³-hybridized carbons (Fsp3) is 0.139. The third kappa shape index (κ3) is 5.14. The van der Waals surface area contributed by atoms with Crippen LogP contribution in [0.3, 0.4) is 0 Å². The Morgan fingerprint density at radius 1 is 0.711 bits per heavy atom. The number of nitrogens with zero attached hydrogens (tertiary/aromatic N) is 1. The van der Waals surface area contributed by atoms with Crippen molar-refractivity contribution in [2.75, 3.05) is 0 Å². The van der Waals surface area contributed by atoms with E-state index in [9.17, 15) is 0 Å². The van der Waals surface area contributed by atoms with Crippen molar-refractivity contribution in [1.29, 1.82) is 0 Å². The standard InChI is InChI=1S/C31H25Br.C5H5N/c32-25-14-10-23(11-15-25)27-16-13-24(20-21-6-2-1-3-7-21)28-18-19-29-26-9-5-4-8-22(26)12-17-30(29)31(27)28;1-2-4-6-5-3-1/h1-11,14-15,17-19,24H,12-13,16,20H2;1-5H. The molecule has 0 N–H and O–H groups in total. The summed E-state index contributed by atoms with van der Waals surface area (Å²) in [6.07, 6.45) is 10.4. The molecule has 38 heavy (non-hydrogen) atoms. The second kappa shape index (κ2) is 11.3. The SMILES string of the molecule is Brc1ccc(C2=c3c(ccc4c3=CCc3ccccc3-4)C(Cc3ccccc3)CC2)cc1.c1ccncc1. The maximum Gasteiger partial charge on any atom is 0.0267 e. The molecule has 2 heteroatoms. The van der Waals surface area contributed by atoms with Crippen molar-refractivity contribution in [3.8, 4) is 11.1 Å². The fourth-order valence-corrected chi connectivity index (χ4v) is 6.16. The third-order valence-electron chi connectivity index (χ3n) is 7.68. The van der Waals surface area contributed by atoms with Crippen LogP contribution in [0.4, 0.5) is 0 Å². The van der Waals surface area contributed by atoms with Crippen molar-refractivity contribution in [3.05, 3.63) is 159 Å². The molecule has 186 valence electrons. The van der Waals surface area contributed by atoms with Gasteiger partial charge in [-0.3, -0.25) is 4.98 Å². The van der Waals surface area contributed by atoms with E-state index in [4.69, 9.17) is 0 Å². The Morgan fingerprint density at radius 3 is 2.18 bits per heavy atom. The summed E-state index contributed by atoms with van der Waals surface area (Å²) in [6.45, 7) is 0. The average molecular weight is 557 g/mol. The molecule has 1 heterocycles. The van der Waals surface area contributed by atoms with Gasteiger partial charge in [-0.1, -0.05) is 107 Å². The average Bonchev–Trinajstić information content (AvgIpc) is 2.99. The number of hydrogen-bond acceptors (Lipinski definition) is 1. The van der Waals surface area contributed by atoms with Crippen LogP contribution < -0.4 is 10.4 Å². The number of aromatic nitrogens is 1. The first-order valence-electron chi connectivity index (χ1n) is 13.4. The summed E-state index contributed by atoms with van der Waals surface area (Å²) in [7, 11) is 0. The molecule has 0 saturated heterocycles. The lowest BCUT2D eigenvalue weighted by molar-refractivity contribution is 0.615. The molecule has 7 rings (SSSR count). The zero-order valence-electron chi connectivity index (χ0n) is 21.4. The smallest absolute Gasteiger partial charge is 0.0267 e. The maximum absolute atomic E-state index is 3.78. The summed E-state index contributed by atoms with van der Waals surface area (Å²) in [6, 6.07) is 39.3. The molecule has 1 atom stereocenters. The Bertz CT molecular complexity index is 1630. The van der Waals surface area contributed by atoms with Gasteiger partial charge in [-0.25, -0.2) is 0 Å². The second-order valence-corrected chi connectivity index (χ2v) is 10.9. The van der Waals surface area contributed by atoms with Crippen LogP contribution in [-0.4, -0.2) is 4.98 Å². The van der Waals surface area contributed by atoms with E-state index in [1.807, 2.05) is 18.2 Å². The van der Waals surface area contributed by atoms with Gasteiger partial charge in [0.25, 0.3) is 0 Å². The molecule has 0 radical (unpaired) electrons. The van der Waals surface area contributed by atoms with E-state index in [-0.39, 0.29) is 0 Å². The highest BCUT2D eigenvalue weighted by molar-refractivity contribution is 9.10. The summed E-state index contributed by atoms with van der Waals surface area (Å²) < 4.78 is 1.13. The van der Waals surface area contributed by atoms with E-state index in [1.54, 1.807) is 12.4 Å². The second-order valence-electron chi connectivity index (χ2n) is 9.99. The highest BCUT2D eigenvalue weighted by Gasteiger charge is 2.24. The zero-order chi connectivity index (χ0) is 25.7. The lowest BCUT2D eigenvalue weighted by Gasteiger charge is -2.28. The van der Waals surface area contributed by atoms with Crippen LogP contribution in [0.5, 0.6) is 0 Å². The van der Waals surface area contributed by atoms with Crippen LogP contribution in [0.25, 0.3) is 22.8 Å². The van der Waals surface area contributed by atoms with Crippen LogP contribution in [0.2, 0.25) is 0 Å². The highest BCUT2D eigenvalue weighted by Crippen LogP contribution is 2.34. The normalized spacial score (nSPS) is 15.2. The van der Waals surface area contributed by atoms with E-state index in [0.29, 0.717) is 5.92 Å². The van der Waals surface area contributed by atoms with Gasteiger partial charge in [-0.2, -0.15) is 0 Å². The lowest BCUT2D eigenvalue weighted by Crippen LogP contribution is -2.38. The number of rotatable bonds is 3. The fourth-order valence-electron chi connectivity index (χ4n) is 5.90. The zero-order valence-corrected chi connectivity index (χ0v) is 22.9. The Hall–Kier alpha value is -3.75. The Balaban J connectivity index is 0.000000390. The highest BCUT2D eigenvalue weighted by atomic mass is 79.9. The van der Waals surface area contributed by atoms with Gasteiger partial charge in [0.05, 0.1) is 0 Å². The van der Waals surface area contributed by atoms with Crippen LogP contribution in [0.1, 0.15) is 41.0 Å². The molecule has 5 aromatic rings.